The average molecular weight is 879 g/mol. The van der Waals surface area contributed by atoms with Crippen LogP contribution in [-0.2, 0) is 62.3 Å². The van der Waals surface area contributed by atoms with Crippen LogP contribution >= 0.6 is 0 Å². The Morgan fingerprint density at radius 3 is 1.73 bits per heavy atom. The van der Waals surface area contributed by atoms with E-state index in [9.17, 15) is 28.8 Å². The largest absolute Gasteiger partial charge is 0.465 e. The third kappa shape index (κ3) is 12.8. The first-order valence-electron chi connectivity index (χ1n) is 23.5. The Morgan fingerprint density at radius 1 is 0.422 bits per heavy atom. The lowest BCUT2D eigenvalue weighted by molar-refractivity contribution is -0.161. The molecule has 9 aliphatic rings. The second-order valence-electron chi connectivity index (χ2n) is 17.9. The van der Waals surface area contributed by atoms with E-state index in [1.807, 2.05) is 60.7 Å². The molecule has 0 N–H and O–H groups in total. The summed E-state index contributed by atoms with van der Waals surface area (Å²) in [7, 11) is 0. The Balaban J connectivity index is 0.000000115. The molecule has 6 unspecified atom stereocenters. The number of hydrogen-bond acceptors (Lipinski definition) is 12. The molecule has 0 spiro atoms. The number of benzene rings is 3. The van der Waals surface area contributed by atoms with Crippen molar-refractivity contribution in [1.29, 1.82) is 0 Å². The van der Waals surface area contributed by atoms with Gasteiger partial charge < -0.3 is 28.4 Å². The number of aryl methyl sites for hydroxylation is 1. The fraction of sp³-hybridized carbons (Fsp3) is 0.538. The zero-order valence-corrected chi connectivity index (χ0v) is 36.8. The van der Waals surface area contributed by atoms with Crippen molar-refractivity contribution in [3.63, 3.8) is 0 Å². The Hall–Kier alpha value is -5.52. The van der Waals surface area contributed by atoms with Gasteiger partial charge in [0.1, 0.15) is 18.5 Å². The van der Waals surface area contributed by atoms with Crippen LogP contribution in [0, 0.1) is 29.6 Å². The third-order valence-corrected chi connectivity index (χ3v) is 13.7. The van der Waals surface area contributed by atoms with Gasteiger partial charge in [-0.2, -0.15) is 0 Å². The molecule has 0 amide bonds. The van der Waals surface area contributed by atoms with Crippen molar-refractivity contribution in [3.8, 4) is 5.75 Å². The molecule has 0 aromatic heterocycles. The van der Waals surface area contributed by atoms with Crippen LogP contribution in [0.25, 0.3) is 0 Å². The third-order valence-electron chi connectivity index (χ3n) is 13.7. The van der Waals surface area contributed by atoms with Crippen molar-refractivity contribution < 1.29 is 57.2 Å². The van der Waals surface area contributed by atoms with Crippen molar-refractivity contribution in [2.24, 2.45) is 29.6 Å². The monoisotopic (exact) mass is 878 g/mol. The Kier molecular flexibility index (Phi) is 17.0. The maximum Gasteiger partial charge on any atom is 0.338 e. The lowest BCUT2D eigenvalue weighted by atomic mass is 9.76. The zero-order chi connectivity index (χ0) is 44.7. The molecule has 342 valence electrons. The van der Waals surface area contributed by atoms with Gasteiger partial charge in [0.25, 0.3) is 0 Å². The quantitative estimate of drug-likeness (QED) is 0.120. The lowest BCUT2D eigenvalue weighted by Crippen LogP contribution is -2.34. The first-order valence-corrected chi connectivity index (χ1v) is 23.5. The normalized spacial score (nSPS) is 26.6. The van der Waals surface area contributed by atoms with Crippen molar-refractivity contribution >= 4 is 35.8 Å². The summed E-state index contributed by atoms with van der Waals surface area (Å²) in [5.74, 6) is 2.83. The first kappa shape index (κ1) is 46.5. The van der Waals surface area contributed by atoms with Gasteiger partial charge >= 0.3 is 35.8 Å². The van der Waals surface area contributed by atoms with E-state index >= 15 is 0 Å². The molecule has 12 rings (SSSR count). The van der Waals surface area contributed by atoms with Crippen LogP contribution in [0.15, 0.2) is 72.8 Å². The summed E-state index contributed by atoms with van der Waals surface area (Å²) in [5, 5.41) is 0. The number of carbonyl (C=O) groups is 6. The molecule has 12 heteroatoms. The molecule has 6 heterocycles. The fourth-order valence-electron chi connectivity index (χ4n) is 10.0. The van der Waals surface area contributed by atoms with Crippen LogP contribution in [0.1, 0.15) is 140 Å². The summed E-state index contributed by atoms with van der Waals surface area (Å²) in [5.41, 5.74) is 4.66. The van der Waals surface area contributed by atoms with E-state index in [0.717, 1.165) is 72.9 Å². The van der Waals surface area contributed by atoms with Gasteiger partial charge in [0.2, 0.25) is 0 Å². The highest BCUT2D eigenvalue weighted by Crippen LogP contribution is 2.37. The highest BCUT2D eigenvalue weighted by atomic mass is 16.6. The number of ether oxygens (including phenoxy) is 6. The molecule has 3 aromatic rings. The second kappa shape index (κ2) is 23.4. The van der Waals surface area contributed by atoms with Gasteiger partial charge in [-0.25, -0.2) is 9.59 Å². The van der Waals surface area contributed by atoms with Crippen molar-refractivity contribution in [2.75, 3.05) is 19.8 Å². The van der Waals surface area contributed by atoms with Crippen LogP contribution < -0.4 is 4.74 Å². The number of carbonyl (C=O) groups excluding carboxylic acids is 6. The number of cyclic esters (lactones) is 4. The van der Waals surface area contributed by atoms with Crippen LogP contribution in [0.5, 0.6) is 5.75 Å². The maximum atomic E-state index is 11.2. The molecule has 3 aliphatic carbocycles. The number of rotatable bonds is 0. The number of fused-ring (bicyclic) bond motifs is 6. The number of hydrogen-bond donors (Lipinski definition) is 0. The van der Waals surface area contributed by atoms with Gasteiger partial charge in [0.05, 0.1) is 49.2 Å². The Labute approximate surface area is 376 Å². The van der Waals surface area contributed by atoms with E-state index in [4.69, 9.17) is 28.4 Å². The molecule has 3 saturated heterocycles. The summed E-state index contributed by atoms with van der Waals surface area (Å²) in [4.78, 5) is 65.8. The standard InChI is InChI=1S/C9H14O2.C9H8O2.C9H14O2.C9H8O2.C8H12O2.C8H6O2/c2*10-9-8-4-2-1-3-7(8)5-6-11-9;2*10-9-6-5-7-3-1-2-4-8(7)11-9;2*9-8-7-4-2-1-3-6(7)5-10-8/h7-8H,1-6H2;1-4H,5-6H2;7-8H,1-6H2;1-4H,5-6H2;6-7H,1-5H2;1-4H,5H2. The fourth-order valence-corrected chi connectivity index (χ4v) is 10.0. The molecule has 6 fully saturated rings. The van der Waals surface area contributed by atoms with Gasteiger partial charge in [0.15, 0.2) is 0 Å². The van der Waals surface area contributed by atoms with Crippen LogP contribution in [-0.4, -0.2) is 61.7 Å². The number of para-hydroxylation sites is 1. The summed E-state index contributed by atoms with van der Waals surface area (Å²) in [6, 6.07) is 22.6. The second-order valence-corrected chi connectivity index (χ2v) is 17.9. The molecule has 64 heavy (non-hydrogen) atoms. The van der Waals surface area contributed by atoms with Crippen LogP contribution in [0.2, 0.25) is 0 Å². The minimum atomic E-state index is -0.199. The first-order chi connectivity index (χ1) is 31.2. The van der Waals surface area contributed by atoms with E-state index in [2.05, 4.69) is 0 Å². The van der Waals surface area contributed by atoms with E-state index in [0.29, 0.717) is 62.6 Å². The van der Waals surface area contributed by atoms with E-state index < -0.39 is 0 Å². The Morgan fingerprint density at radius 2 is 1.02 bits per heavy atom. The van der Waals surface area contributed by atoms with Crippen molar-refractivity contribution in [2.45, 2.75) is 128 Å². The summed E-state index contributed by atoms with van der Waals surface area (Å²) in [6.45, 7) is 2.33. The summed E-state index contributed by atoms with van der Waals surface area (Å²) < 4.78 is 29.9. The van der Waals surface area contributed by atoms with Gasteiger partial charge in [0, 0.05) is 24.3 Å². The predicted molar refractivity (Wildman–Crippen MR) is 235 cm³/mol. The van der Waals surface area contributed by atoms with Crippen molar-refractivity contribution in [1.82, 2.24) is 0 Å². The molecule has 12 nitrogen and oxygen atoms in total. The van der Waals surface area contributed by atoms with Gasteiger partial charge in [-0.1, -0.05) is 86.7 Å². The summed E-state index contributed by atoms with van der Waals surface area (Å²) >= 11 is 0. The molecule has 3 saturated carbocycles. The minimum Gasteiger partial charge on any atom is -0.465 e. The molecular weight excluding hydrogens is 817 g/mol. The summed E-state index contributed by atoms with van der Waals surface area (Å²) in [6.07, 6.45) is 19.9. The topological polar surface area (TPSA) is 158 Å². The smallest absolute Gasteiger partial charge is 0.338 e. The minimum absolute atomic E-state index is 0.0214. The van der Waals surface area contributed by atoms with Crippen LogP contribution in [0.3, 0.4) is 0 Å². The van der Waals surface area contributed by atoms with Gasteiger partial charge in [-0.15, -0.1) is 0 Å². The van der Waals surface area contributed by atoms with E-state index in [1.54, 1.807) is 12.1 Å². The highest BCUT2D eigenvalue weighted by Gasteiger charge is 2.38. The lowest BCUT2D eigenvalue weighted by Gasteiger charge is -2.34. The molecule has 6 aliphatic heterocycles. The van der Waals surface area contributed by atoms with E-state index in [-0.39, 0.29) is 53.8 Å². The Bertz CT molecular complexity index is 2090. The highest BCUT2D eigenvalue weighted by molar-refractivity contribution is 5.93. The average Bonchev–Trinajstić information content (AvgIpc) is 3.91. The van der Waals surface area contributed by atoms with Crippen molar-refractivity contribution in [3.05, 3.63) is 101 Å². The molecule has 0 bridgehead atoms. The molecular formula is C52H62O12. The maximum absolute atomic E-state index is 11.2. The van der Waals surface area contributed by atoms with Gasteiger partial charge in [-0.3, -0.25) is 19.2 Å². The van der Waals surface area contributed by atoms with Crippen LogP contribution in [0.4, 0.5) is 0 Å². The zero-order valence-electron chi connectivity index (χ0n) is 36.8. The predicted octanol–water partition coefficient (Wildman–Crippen LogP) is 9.27. The van der Waals surface area contributed by atoms with Gasteiger partial charge in [-0.05, 0) is 105 Å². The molecule has 6 atom stereocenters. The SMILES string of the molecule is O=C1CCC2CCCCC2O1.O=C1CCc2ccccc2O1.O=C1OCC2CCCCC12.O=C1OCCC2CCCCC12.O=C1OCCc2ccccc21.O=C1OCc2ccccc21. The molecule has 3 aromatic carbocycles. The number of esters is 6. The van der Waals surface area contributed by atoms with E-state index in [1.165, 1.54) is 57.8 Å². The molecule has 0 radical (unpaired) electrons.